The summed E-state index contributed by atoms with van der Waals surface area (Å²) in [5, 5.41) is 42.3. The molecule has 0 amide bonds. The summed E-state index contributed by atoms with van der Waals surface area (Å²) < 4.78 is 67.9. The molecule has 6 rings (SSSR count). The Morgan fingerprint density at radius 2 is 1.27 bits per heavy atom. The van der Waals surface area contributed by atoms with Crippen LogP contribution >= 0.6 is 0 Å². The van der Waals surface area contributed by atoms with Crippen molar-refractivity contribution in [1.29, 1.82) is 0 Å². The molecule has 0 bridgehead atoms. The minimum Gasteiger partial charge on any atom is -0.478 e. The Morgan fingerprint density at radius 1 is 0.717 bits per heavy atom. The molecular formula is C37H32N10O11S2. The van der Waals surface area contributed by atoms with E-state index in [4.69, 9.17) is 4.84 Å². The van der Waals surface area contributed by atoms with E-state index in [1.807, 2.05) is 0 Å². The topological polar surface area (TPSA) is 308 Å². The molecule has 21 nitrogen and oxygen atoms in total. The van der Waals surface area contributed by atoms with E-state index < -0.39 is 36.0 Å². The second-order valence-corrected chi connectivity index (χ2v) is 15.0. The van der Waals surface area contributed by atoms with Crippen molar-refractivity contribution in [2.45, 2.75) is 16.7 Å². The summed E-state index contributed by atoms with van der Waals surface area (Å²) in [7, 11) is -9.62. The fraction of sp³-hybridized carbons (Fsp3) is 0.108. The molecule has 5 aromatic carbocycles. The zero-order valence-electron chi connectivity index (χ0n) is 31.0. The van der Waals surface area contributed by atoms with Crippen molar-refractivity contribution in [2.75, 3.05) is 35.5 Å². The summed E-state index contributed by atoms with van der Waals surface area (Å²) in [6.45, 7) is 1.73. The van der Waals surface area contributed by atoms with E-state index in [9.17, 15) is 45.7 Å². The highest BCUT2D eigenvalue weighted by Gasteiger charge is 2.21. The number of aliphatic hydroxyl groups is 1. The predicted molar refractivity (Wildman–Crippen MR) is 216 cm³/mol. The molecule has 1 heterocycles. The van der Waals surface area contributed by atoms with Gasteiger partial charge in [0.15, 0.2) is 0 Å². The fourth-order valence-electron chi connectivity index (χ4n) is 5.46. The molecule has 308 valence electrons. The molecular weight excluding hydrogens is 825 g/mol. The highest BCUT2D eigenvalue weighted by atomic mass is 32.2. The Labute approximate surface area is 340 Å². The quantitative estimate of drug-likeness (QED) is 0.0231. The Balaban J connectivity index is 1.23. The van der Waals surface area contributed by atoms with Gasteiger partial charge in [-0.1, -0.05) is 12.1 Å². The molecule has 0 saturated carbocycles. The highest BCUT2D eigenvalue weighted by Crippen LogP contribution is 2.34. The minimum absolute atomic E-state index is 0.0277. The molecule has 60 heavy (non-hydrogen) atoms. The average Bonchev–Trinajstić information content (AvgIpc) is 3.21. The number of azo groups is 2. The first-order valence-corrected chi connectivity index (χ1v) is 20.2. The maximum atomic E-state index is 12.2. The number of carboxylic acids is 1. The van der Waals surface area contributed by atoms with E-state index in [2.05, 4.69) is 46.0 Å². The molecule has 0 atom stereocenters. The number of aromatic nitrogens is 3. The summed E-state index contributed by atoms with van der Waals surface area (Å²) in [6, 6.07) is 22.5. The molecule has 0 aliphatic carbocycles. The molecule has 23 heteroatoms. The number of benzene rings is 5. The van der Waals surface area contributed by atoms with Gasteiger partial charge in [-0.15, -0.1) is 0 Å². The lowest BCUT2D eigenvalue weighted by atomic mass is 10.1. The van der Waals surface area contributed by atoms with Gasteiger partial charge in [-0.2, -0.15) is 52.2 Å². The molecule has 6 aromatic rings. The van der Waals surface area contributed by atoms with Gasteiger partial charge in [-0.05, 0) is 91.9 Å². The smallest absolute Gasteiger partial charge is 0.335 e. The number of nitrogens with zero attached hydrogens (tertiary/aromatic N) is 8. The predicted octanol–water partition coefficient (Wildman–Crippen LogP) is 7.10. The lowest BCUT2D eigenvalue weighted by molar-refractivity contribution is 0.0696. The standard InChI is InChI=1S/C37H32N10O11S2/c1-2-58-47(14-15-48)37-41-35(38-24-6-10-26(11-7-24)43-45-28-17-22(21-49)16-23(18-28)34(50)51)40-36(42-37)39-25-8-12-27(13-9-25)44-46-29-19-31-30(33(20-29)60(55,56)57)4-3-5-32(31)59(52,53)54/h3-13,16-21,48H,2,14-15H2,1H3,(H,50,51)(H,52,53,54)(H,55,56,57)(H2,38,39,40,41,42). The molecule has 6 N–H and O–H groups in total. The van der Waals surface area contributed by atoms with Crippen LogP contribution < -0.4 is 15.7 Å². The van der Waals surface area contributed by atoms with Crippen LogP contribution in [0.4, 0.5) is 52.0 Å². The third-order valence-electron chi connectivity index (χ3n) is 8.03. The number of hydrogen-bond donors (Lipinski definition) is 6. The average molecular weight is 857 g/mol. The van der Waals surface area contributed by atoms with Crippen LogP contribution in [0, 0.1) is 0 Å². The van der Waals surface area contributed by atoms with Crippen molar-refractivity contribution >= 4 is 95.2 Å². The number of carbonyl (C=O) groups is 2. The summed E-state index contributed by atoms with van der Waals surface area (Å²) in [5.74, 6) is -1.02. The van der Waals surface area contributed by atoms with E-state index in [1.54, 1.807) is 55.5 Å². The van der Waals surface area contributed by atoms with Gasteiger partial charge in [0.05, 0.1) is 48.1 Å². The van der Waals surface area contributed by atoms with E-state index in [-0.39, 0.29) is 76.6 Å². The van der Waals surface area contributed by atoms with Gasteiger partial charge >= 0.3 is 5.97 Å². The maximum absolute atomic E-state index is 12.2. The summed E-state index contributed by atoms with van der Waals surface area (Å²) in [6.07, 6.45) is 0.515. The number of nitrogens with one attached hydrogen (secondary N) is 2. The van der Waals surface area contributed by atoms with Crippen LogP contribution in [0.15, 0.2) is 127 Å². The Bertz CT molecular complexity index is 2860. The van der Waals surface area contributed by atoms with Crippen molar-refractivity contribution in [3.05, 3.63) is 108 Å². The van der Waals surface area contributed by atoms with Crippen LogP contribution in [-0.4, -0.2) is 83.1 Å². The third-order valence-corrected chi connectivity index (χ3v) is 9.83. The van der Waals surface area contributed by atoms with Crippen LogP contribution in [-0.2, 0) is 25.1 Å². The van der Waals surface area contributed by atoms with Gasteiger partial charge in [0.25, 0.3) is 26.2 Å². The number of carbonyl (C=O) groups excluding carboxylic acids is 1. The minimum atomic E-state index is -4.85. The largest absolute Gasteiger partial charge is 0.478 e. The van der Waals surface area contributed by atoms with Crippen LogP contribution in [0.3, 0.4) is 0 Å². The lowest BCUT2D eigenvalue weighted by Crippen LogP contribution is -2.29. The summed E-state index contributed by atoms with van der Waals surface area (Å²) in [5.41, 5.74) is 1.76. The second-order valence-electron chi connectivity index (χ2n) is 12.3. The SMILES string of the molecule is CCON(CCO)c1nc(Nc2ccc(N=Nc3cc(C=O)cc(C(=O)O)c3)cc2)nc(Nc2ccc(N=Nc3cc(S(=O)(=O)O)c4cccc(S(=O)(=O)O)c4c3)cc2)n1. The van der Waals surface area contributed by atoms with Crippen LogP contribution in [0.25, 0.3) is 10.8 Å². The zero-order chi connectivity index (χ0) is 43.0. The van der Waals surface area contributed by atoms with Crippen molar-refractivity contribution in [3.8, 4) is 0 Å². The van der Waals surface area contributed by atoms with Crippen LogP contribution in [0.2, 0.25) is 0 Å². The van der Waals surface area contributed by atoms with Crippen molar-refractivity contribution < 1.29 is 50.6 Å². The zero-order valence-corrected chi connectivity index (χ0v) is 32.6. The van der Waals surface area contributed by atoms with Gasteiger partial charge in [-0.25, -0.2) is 9.86 Å². The fourth-order valence-corrected chi connectivity index (χ4v) is 6.88. The highest BCUT2D eigenvalue weighted by molar-refractivity contribution is 7.86. The lowest BCUT2D eigenvalue weighted by Gasteiger charge is -2.21. The summed E-state index contributed by atoms with van der Waals surface area (Å²) >= 11 is 0. The molecule has 0 aliphatic heterocycles. The number of hydrogen-bond acceptors (Lipinski definition) is 18. The van der Waals surface area contributed by atoms with E-state index in [0.29, 0.717) is 23.3 Å². The Morgan fingerprint density at radius 3 is 1.77 bits per heavy atom. The number of aliphatic hydroxyl groups excluding tert-OH is 1. The van der Waals surface area contributed by atoms with E-state index >= 15 is 0 Å². The van der Waals surface area contributed by atoms with Gasteiger partial charge in [0.2, 0.25) is 11.9 Å². The molecule has 1 aromatic heterocycles. The van der Waals surface area contributed by atoms with Gasteiger partial charge < -0.3 is 20.8 Å². The van der Waals surface area contributed by atoms with Crippen molar-refractivity contribution in [3.63, 3.8) is 0 Å². The van der Waals surface area contributed by atoms with Gasteiger partial charge in [0, 0.05) is 27.7 Å². The first-order valence-electron chi connectivity index (χ1n) is 17.3. The van der Waals surface area contributed by atoms with Crippen LogP contribution in [0.1, 0.15) is 27.6 Å². The number of aromatic carboxylic acids is 1. The van der Waals surface area contributed by atoms with Crippen LogP contribution in [0.5, 0.6) is 0 Å². The molecule has 0 radical (unpaired) electrons. The third kappa shape index (κ3) is 10.7. The molecule has 0 unspecified atom stereocenters. The Hall–Kier alpha value is -7.15. The van der Waals surface area contributed by atoms with E-state index in [0.717, 1.165) is 12.1 Å². The molecule has 0 fully saturated rings. The monoisotopic (exact) mass is 856 g/mol. The normalized spacial score (nSPS) is 11.9. The number of rotatable bonds is 17. The molecule has 0 aliphatic rings. The van der Waals surface area contributed by atoms with Gasteiger partial charge in [0.1, 0.15) is 16.1 Å². The second kappa shape index (κ2) is 18.2. The number of hydroxylamine groups is 1. The number of aldehydes is 1. The first-order chi connectivity index (χ1) is 28.6. The maximum Gasteiger partial charge on any atom is 0.335 e. The van der Waals surface area contributed by atoms with Gasteiger partial charge in [-0.3, -0.25) is 18.7 Å². The molecule has 0 saturated heterocycles. The molecule has 0 spiro atoms. The first kappa shape index (κ1) is 42.5. The van der Waals surface area contributed by atoms with Crippen molar-refractivity contribution in [1.82, 2.24) is 15.0 Å². The Kier molecular flexibility index (Phi) is 12.9. The number of carboxylic acid groups (broad SMARTS) is 1. The summed E-state index contributed by atoms with van der Waals surface area (Å²) in [4.78, 5) is 40.4. The van der Waals surface area contributed by atoms with E-state index in [1.165, 1.54) is 41.5 Å². The van der Waals surface area contributed by atoms with Crippen molar-refractivity contribution in [2.24, 2.45) is 20.5 Å². The number of anilines is 5. The number of fused-ring (bicyclic) bond motifs is 1.